The number of hydrogen-bond acceptors (Lipinski definition) is 5. The first-order chi connectivity index (χ1) is 7.95. The number of carboxylic acids is 1. The number of carboxylic acid groups (broad SMARTS) is 1. The summed E-state index contributed by atoms with van der Waals surface area (Å²) < 4.78 is 0. The molecule has 0 spiro atoms. The molecule has 0 saturated heterocycles. The van der Waals surface area contributed by atoms with Gasteiger partial charge >= 0.3 is 5.97 Å². The first kappa shape index (κ1) is 13.4. The Bertz CT molecular complexity index is 407. The fraction of sp³-hybridized carbons (Fsp3) is 0.364. The second-order valence-corrected chi connectivity index (χ2v) is 3.71. The van der Waals surface area contributed by atoms with E-state index in [9.17, 15) is 20.1 Å². The van der Waals surface area contributed by atoms with Gasteiger partial charge in [0.05, 0.1) is 12.5 Å². The maximum atomic E-state index is 10.5. The standard InChI is InChI=1S/C11H15NO5/c12-5-9(14)11(17)7-3-6(4-10(15)16)1-2-8(7)13/h1-3,9,11,13-14,17H,4-5,12H2,(H,15,16). The van der Waals surface area contributed by atoms with E-state index < -0.39 is 18.2 Å². The molecule has 0 amide bonds. The molecule has 2 atom stereocenters. The minimum atomic E-state index is -1.34. The molecule has 2 unspecified atom stereocenters. The molecule has 0 aliphatic rings. The van der Waals surface area contributed by atoms with Crippen LogP contribution in [0.5, 0.6) is 5.75 Å². The van der Waals surface area contributed by atoms with E-state index in [4.69, 9.17) is 10.8 Å². The van der Waals surface area contributed by atoms with E-state index in [0.29, 0.717) is 5.56 Å². The molecule has 0 aliphatic carbocycles. The van der Waals surface area contributed by atoms with Gasteiger partial charge in [-0.1, -0.05) is 6.07 Å². The number of aliphatic carboxylic acids is 1. The number of phenolic OH excluding ortho intramolecular Hbond substituents is 1. The highest BCUT2D eigenvalue weighted by atomic mass is 16.4. The number of nitrogens with two attached hydrogens (primary N) is 1. The maximum absolute atomic E-state index is 10.5. The first-order valence-corrected chi connectivity index (χ1v) is 5.05. The number of hydrogen-bond donors (Lipinski definition) is 5. The Balaban J connectivity index is 3.01. The predicted octanol–water partition coefficient (Wildman–Crippen LogP) is -0.628. The lowest BCUT2D eigenvalue weighted by molar-refractivity contribution is -0.136. The van der Waals surface area contributed by atoms with Crippen molar-refractivity contribution < 1.29 is 25.2 Å². The number of rotatable bonds is 5. The Labute approximate surface area is 97.9 Å². The van der Waals surface area contributed by atoms with Gasteiger partial charge in [0.2, 0.25) is 0 Å². The Kier molecular flexibility index (Phi) is 4.45. The van der Waals surface area contributed by atoms with Crippen LogP contribution in [-0.4, -0.2) is 39.0 Å². The lowest BCUT2D eigenvalue weighted by Gasteiger charge is -2.18. The molecular weight excluding hydrogens is 226 g/mol. The Morgan fingerprint density at radius 2 is 2.00 bits per heavy atom. The maximum Gasteiger partial charge on any atom is 0.307 e. The van der Waals surface area contributed by atoms with E-state index in [-0.39, 0.29) is 24.3 Å². The van der Waals surface area contributed by atoms with Gasteiger partial charge in [-0.3, -0.25) is 4.79 Å². The van der Waals surface area contributed by atoms with Gasteiger partial charge in [0.1, 0.15) is 11.9 Å². The average Bonchev–Trinajstić information content (AvgIpc) is 2.29. The van der Waals surface area contributed by atoms with E-state index >= 15 is 0 Å². The van der Waals surface area contributed by atoms with Gasteiger partial charge in [-0.25, -0.2) is 0 Å². The lowest BCUT2D eigenvalue weighted by atomic mass is 9.99. The third kappa shape index (κ3) is 3.42. The molecule has 0 aliphatic heterocycles. The van der Waals surface area contributed by atoms with Gasteiger partial charge in [0, 0.05) is 12.1 Å². The zero-order valence-corrected chi connectivity index (χ0v) is 9.08. The van der Waals surface area contributed by atoms with Crippen molar-refractivity contribution in [1.82, 2.24) is 0 Å². The Morgan fingerprint density at radius 1 is 1.35 bits per heavy atom. The van der Waals surface area contributed by atoms with Crippen LogP contribution < -0.4 is 5.73 Å². The summed E-state index contributed by atoms with van der Waals surface area (Å²) in [5, 5.41) is 37.2. The summed E-state index contributed by atoms with van der Waals surface area (Å²) in [5.74, 6) is -1.23. The minimum absolute atomic E-state index is 0.0710. The molecule has 6 heteroatoms. The van der Waals surface area contributed by atoms with Crippen molar-refractivity contribution in [3.8, 4) is 5.75 Å². The summed E-state index contributed by atoms with van der Waals surface area (Å²) in [6, 6.07) is 4.06. The molecule has 1 aromatic carbocycles. The molecule has 17 heavy (non-hydrogen) atoms. The fourth-order valence-corrected chi connectivity index (χ4v) is 1.46. The number of carbonyl (C=O) groups is 1. The molecule has 0 saturated carbocycles. The third-order valence-corrected chi connectivity index (χ3v) is 2.37. The normalized spacial score (nSPS) is 14.3. The topological polar surface area (TPSA) is 124 Å². The second-order valence-electron chi connectivity index (χ2n) is 3.71. The van der Waals surface area contributed by atoms with Crippen molar-refractivity contribution in [3.05, 3.63) is 29.3 Å². The molecular formula is C11H15NO5. The predicted molar refractivity (Wildman–Crippen MR) is 59.5 cm³/mol. The van der Waals surface area contributed by atoms with E-state index in [1.54, 1.807) is 0 Å². The Hall–Kier alpha value is -1.63. The average molecular weight is 241 g/mol. The quantitative estimate of drug-likeness (QED) is 0.467. The summed E-state index contributed by atoms with van der Waals surface area (Å²) in [6.45, 7) is -0.163. The van der Waals surface area contributed by atoms with Gasteiger partial charge in [-0.15, -0.1) is 0 Å². The molecule has 0 heterocycles. The molecule has 6 nitrogen and oxygen atoms in total. The van der Waals surface area contributed by atoms with E-state index in [1.165, 1.54) is 18.2 Å². The highest BCUT2D eigenvalue weighted by molar-refractivity contribution is 5.70. The molecule has 1 aromatic rings. The van der Waals surface area contributed by atoms with Crippen LogP contribution in [0.25, 0.3) is 0 Å². The summed E-state index contributed by atoms with van der Waals surface area (Å²) in [5.41, 5.74) is 5.69. The van der Waals surface area contributed by atoms with Crippen LogP contribution in [0.15, 0.2) is 18.2 Å². The molecule has 0 aromatic heterocycles. The summed E-state index contributed by atoms with van der Waals surface area (Å²) in [4.78, 5) is 10.5. The highest BCUT2D eigenvalue weighted by Crippen LogP contribution is 2.27. The summed E-state index contributed by atoms with van der Waals surface area (Å²) >= 11 is 0. The SMILES string of the molecule is NCC(O)C(O)c1cc(CC(=O)O)ccc1O. The van der Waals surface area contributed by atoms with Crippen LogP contribution in [0.3, 0.4) is 0 Å². The summed E-state index contributed by atoms with van der Waals surface area (Å²) in [7, 11) is 0. The van der Waals surface area contributed by atoms with Crippen LogP contribution in [0.1, 0.15) is 17.2 Å². The van der Waals surface area contributed by atoms with E-state index in [0.717, 1.165) is 0 Å². The highest BCUT2D eigenvalue weighted by Gasteiger charge is 2.20. The molecule has 0 fully saturated rings. The summed E-state index contributed by atoms with van der Waals surface area (Å²) in [6.07, 6.45) is -2.77. The number of aliphatic hydroxyl groups excluding tert-OH is 2. The monoisotopic (exact) mass is 241 g/mol. The van der Waals surface area contributed by atoms with Crippen molar-refractivity contribution in [2.24, 2.45) is 5.73 Å². The van der Waals surface area contributed by atoms with Gasteiger partial charge < -0.3 is 26.2 Å². The third-order valence-electron chi connectivity index (χ3n) is 2.37. The fourth-order valence-electron chi connectivity index (χ4n) is 1.46. The van der Waals surface area contributed by atoms with Crippen molar-refractivity contribution in [1.29, 1.82) is 0 Å². The lowest BCUT2D eigenvalue weighted by Crippen LogP contribution is -2.27. The molecule has 1 rings (SSSR count). The largest absolute Gasteiger partial charge is 0.508 e. The second kappa shape index (κ2) is 5.62. The Morgan fingerprint density at radius 3 is 2.53 bits per heavy atom. The first-order valence-electron chi connectivity index (χ1n) is 5.05. The molecule has 0 radical (unpaired) electrons. The number of aliphatic hydroxyl groups is 2. The van der Waals surface area contributed by atoms with E-state index in [2.05, 4.69) is 0 Å². The van der Waals surface area contributed by atoms with Crippen molar-refractivity contribution >= 4 is 5.97 Å². The smallest absolute Gasteiger partial charge is 0.307 e. The molecule has 94 valence electrons. The molecule has 6 N–H and O–H groups in total. The van der Waals surface area contributed by atoms with Crippen molar-refractivity contribution in [2.45, 2.75) is 18.6 Å². The van der Waals surface area contributed by atoms with Gasteiger partial charge in [0.25, 0.3) is 0 Å². The van der Waals surface area contributed by atoms with Crippen LogP contribution in [-0.2, 0) is 11.2 Å². The number of aromatic hydroxyl groups is 1. The van der Waals surface area contributed by atoms with Crippen molar-refractivity contribution in [2.75, 3.05) is 6.54 Å². The van der Waals surface area contributed by atoms with Crippen LogP contribution in [0.2, 0.25) is 0 Å². The minimum Gasteiger partial charge on any atom is -0.508 e. The zero-order chi connectivity index (χ0) is 13.0. The van der Waals surface area contributed by atoms with Gasteiger partial charge in [-0.05, 0) is 17.7 Å². The van der Waals surface area contributed by atoms with E-state index in [1.807, 2.05) is 0 Å². The van der Waals surface area contributed by atoms with Gasteiger partial charge in [-0.2, -0.15) is 0 Å². The van der Waals surface area contributed by atoms with Crippen LogP contribution in [0, 0.1) is 0 Å². The number of benzene rings is 1. The van der Waals surface area contributed by atoms with Crippen molar-refractivity contribution in [3.63, 3.8) is 0 Å². The van der Waals surface area contributed by atoms with Crippen LogP contribution >= 0.6 is 0 Å². The number of phenols is 1. The van der Waals surface area contributed by atoms with Gasteiger partial charge in [0.15, 0.2) is 0 Å². The molecule has 0 bridgehead atoms. The van der Waals surface area contributed by atoms with Crippen LogP contribution in [0.4, 0.5) is 0 Å². The zero-order valence-electron chi connectivity index (χ0n) is 9.08.